The average molecular weight is 193 g/mol. The lowest BCUT2D eigenvalue weighted by Crippen LogP contribution is -2.40. The molecular formula is C6H15N3O2S. The van der Waals surface area contributed by atoms with Gasteiger partial charge in [0.05, 0.1) is 0 Å². The number of nitrogens with one attached hydrogen (secondary N) is 2. The maximum absolute atomic E-state index is 10.5. The fourth-order valence-electron chi connectivity index (χ4n) is 1.33. The van der Waals surface area contributed by atoms with Crippen LogP contribution < -0.4 is 15.2 Å². The first-order valence-corrected chi connectivity index (χ1v) is 5.60. The summed E-state index contributed by atoms with van der Waals surface area (Å²) in [4.78, 5) is 0. The van der Waals surface area contributed by atoms with Crippen LogP contribution >= 0.6 is 0 Å². The minimum absolute atomic E-state index is 0.386. The van der Waals surface area contributed by atoms with E-state index in [9.17, 15) is 8.42 Å². The Morgan fingerprint density at radius 2 is 2.33 bits per heavy atom. The molecule has 1 heterocycles. The molecule has 0 aromatic rings. The molecule has 0 aromatic carbocycles. The number of hydrogen-bond donors (Lipinski definition) is 3. The molecule has 0 aromatic heterocycles. The zero-order valence-corrected chi connectivity index (χ0v) is 7.73. The van der Waals surface area contributed by atoms with Crippen LogP contribution in [0.3, 0.4) is 0 Å². The molecule has 0 amide bonds. The van der Waals surface area contributed by atoms with E-state index in [2.05, 4.69) is 10.0 Å². The van der Waals surface area contributed by atoms with Crippen molar-refractivity contribution >= 4 is 10.2 Å². The van der Waals surface area contributed by atoms with Gasteiger partial charge in [-0.15, -0.1) is 0 Å². The summed E-state index contributed by atoms with van der Waals surface area (Å²) in [6, 6.07) is 0. The normalized spacial score (nSPS) is 25.6. The lowest BCUT2D eigenvalue weighted by Gasteiger charge is -2.22. The second-order valence-electron chi connectivity index (χ2n) is 3.11. The summed E-state index contributed by atoms with van der Waals surface area (Å²) in [7, 11) is -3.50. The lowest BCUT2D eigenvalue weighted by molar-refractivity contribution is 0.376. The van der Waals surface area contributed by atoms with Gasteiger partial charge in [-0.05, 0) is 31.8 Å². The number of nitrogens with two attached hydrogens (primary N) is 1. The zero-order chi connectivity index (χ0) is 9.03. The SMILES string of the molecule is NS(=O)(=O)NC[C@@H]1CCCNC1. The second-order valence-corrected chi connectivity index (χ2v) is 4.48. The van der Waals surface area contributed by atoms with Crippen LogP contribution in [0.4, 0.5) is 0 Å². The third-order valence-corrected chi connectivity index (χ3v) is 2.54. The largest absolute Gasteiger partial charge is 0.316 e. The van der Waals surface area contributed by atoms with E-state index in [1.807, 2.05) is 0 Å². The number of piperidine rings is 1. The Bertz CT molecular complexity index is 221. The highest BCUT2D eigenvalue weighted by Crippen LogP contribution is 2.07. The van der Waals surface area contributed by atoms with E-state index < -0.39 is 10.2 Å². The molecule has 0 spiro atoms. The molecule has 12 heavy (non-hydrogen) atoms. The maximum atomic E-state index is 10.5. The van der Waals surface area contributed by atoms with Crippen molar-refractivity contribution in [2.24, 2.45) is 11.1 Å². The van der Waals surface area contributed by atoms with Crippen molar-refractivity contribution in [3.8, 4) is 0 Å². The Kier molecular flexibility index (Phi) is 3.45. The van der Waals surface area contributed by atoms with Crippen LogP contribution in [0.5, 0.6) is 0 Å². The maximum Gasteiger partial charge on any atom is 0.274 e. The van der Waals surface area contributed by atoms with Crippen LogP contribution in [0.15, 0.2) is 0 Å². The summed E-state index contributed by atoms with van der Waals surface area (Å²) in [5, 5.41) is 7.99. The zero-order valence-electron chi connectivity index (χ0n) is 6.91. The Morgan fingerprint density at radius 3 is 2.83 bits per heavy atom. The highest BCUT2D eigenvalue weighted by Gasteiger charge is 2.14. The molecule has 1 aliphatic heterocycles. The molecular weight excluding hydrogens is 178 g/mol. The van der Waals surface area contributed by atoms with Crippen LogP contribution in [0.2, 0.25) is 0 Å². The molecule has 4 N–H and O–H groups in total. The molecule has 0 bridgehead atoms. The lowest BCUT2D eigenvalue weighted by atomic mass is 10.0. The fourth-order valence-corrected chi connectivity index (χ4v) is 1.80. The van der Waals surface area contributed by atoms with Gasteiger partial charge in [-0.2, -0.15) is 8.42 Å². The molecule has 1 aliphatic rings. The first-order valence-electron chi connectivity index (χ1n) is 4.06. The molecule has 1 saturated heterocycles. The Hall–Kier alpha value is -0.170. The first kappa shape index (κ1) is 9.91. The van der Waals surface area contributed by atoms with Crippen LogP contribution in [-0.2, 0) is 10.2 Å². The standard InChI is InChI=1S/C6H15N3O2S/c7-12(10,11)9-5-6-2-1-3-8-4-6/h6,8-9H,1-5H2,(H2,7,10,11)/t6-/m1/s1. The topological polar surface area (TPSA) is 84.2 Å². The molecule has 1 atom stereocenters. The van der Waals surface area contributed by atoms with E-state index in [1.165, 1.54) is 0 Å². The first-order chi connectivity index (χ1) is 5.58. The van der Waals surface area contributed by atoms with Crippen molar-refractivity contribution in [3.05, 3.63) is 0 Å². The Balaban J connectivity index is 2.22. The van der Waals surface area contributed by atoms with Crippen molar-refractivity contribution in [1.82, 2.24) is 10.0 Å². The fraction of sp³-hybridized carbons (Fsp3) is 1.00. The summed E-state index contributed by atoms with van der Waals surface area (Å²) < 4.78 is 23.3. The highest BCUT2D eigenvalue weighted by atomic mass is 32.2. The van der Waals surface area contributed by atoms with E-state index >= 15 is 0 Å². The molecule has 0 saturated carbocycles. The van der Waals surface area contributed by atoms with Gasteiger partial charge in [0.2, 0.25) is 0 Å². The van der Waals surface area contributed by atoms with Gasteiger partial charge >= 0.3 is 0 Å². The summed E-state index contributed by atoms with van der Waals surface area (Å²) in [5.74, 6) is 0.386. The van der Waals surface area contributed by atoms with Gasteiger partial charge in [0.15, 0.2) is 0 Å². The second kappa shape index (κ2) is 4.18. The van der Waals surface area contributed by atoms with Gasteiger partial charge in [0, 0.05) is 6.54 Å². The predicted molar refractivity (Wildman–Crippen MR) is 46.7 cm³/mol. The van der Waals surface area contributed by atoms with Crippen LogP contribution in [0, 0.1) is 5.92 Å². The minimum atomic E-state index is -3.50. The van der Waals surface area contributed by atoms with Crippen molar-refractivity contribution in [1.29, 1.82) is 0 Å². The van der Waals surface area contributed by atoms with Gasteiger partial charge in [0.1, 0.15) is 0 Å². The number of rotatable bonds is 3. The van der Waals surface area contributed by atoms with Crippen molar-refractivity contribution in [2.45, 2.75) is 12.8 Å². The van der Waals surface area contributed by atoms with Gasteiger partial charge < -0.3 is 5.32 Å². The monoisotopic (exact) mass is 193 g/mol. The van der Waals surface area contributed by atoms with E-state index in [1.54, 1.807) is 0 Å². The summed E-state index contributed by atoms with van der Waals surface area (Å²) in [5.41, 5.74) is 0. The van der Waals surface area contributed by atoms with Crippen molar-refractivity contribution in [2.75, 3.05) is 19.6 Å². The molecule has 72 valence electrons. The molecule has 0 radical (unpaired) electrons. The van der Waals surface area contributed by atoms with Crippen LogP contribution in [-0.4, -0.2) is 28.1 Å². The number of hydrogen-bond acceptors (Lipinski definition) is 3. The van der Waals surface area contributed by atoms with Crippen molar-refractivity contribution in [3.63, 3.8) is 0 Å². The average Bonchev–Trinajstić information content (AvgIpc) is 2.02. The molecule has 1 fully saturated rings. The van der Waals surface area contributed by atoms with Crippen LogP contribution in [0.1, 0.15) is 12.8 Å². The van der Waals surface area contributed by atoms with E-state index in [4.69, 9.17) is 5.14 Å². The van der Waals surface area contributed by atoms with E-state index in [0.717, 1.165) is 25.9 Å². The Morgan fingerprint density at radius 1 is 1.58 bits per heavy atom. The van der Waals surface area contributed by atoms with Gasteiger partial charge in [0.25, 0.3) is 10.2 Å². The van der Waals surface area contributed by atoms with Crippen LogP contribution in [0.25, 0.3) is 0 Å². The summed E-state index contributed by atoms with van der Waals surface area (Å²) in [6.45, 7) is 2.36. The molecule has 0 unspecified atom stereocenters. The Labute approximate surface area is 72.9 Å². The summed E-state index contributed by atoms with van der Waals surface area (Å²) in [6.07, 6.45) is 2.17. The summed E-state index contributed by atoms with van der Waals surface area (Å²) >= 11 is 0. The quantitative estimate of drug-likeness (QED) is 0.525. The third-order valence-electron chi connectivity index (χ3n) is 1.97. The minimum Gasteiger partial charge on any atom is -0.316 e. The van der Waals surface area contributed by atoms with E-state index in [-0.39, 0.29) is 0 Å². The smallest absolute Gasteiger partial charge is 0.274 e. The predicted octanol–water partition coefficient (Wildman–Crippen LogP) is -1.22. The van der Waals surface area contributed by atoms with Crippen molar-refractivity contribution < 1.29 is 8.42 Å². The molecule has 5 nitrogen and oxygen atoms in total. The van der Waals surface area contributed by atoms with Gasteiger partial charge in [-0.3, -0.25) is 0 Å². The van der Waals surface area contributed by atoms with Gasteiger partial charge in [-0.25, -0.2) is 9.86 Å². The third kappa shape index (κ3) is 4.01. The highest BCUT2D eigenvalue weighted by molar-refractivity contribution is 7.87. The molecule has 0 aliphatic carbocycles. The van der Waals surface area contributed by atoms with Gasteiger partial charge in [-0.1, -0.05) is 0 Å². The molecule has 6 heteroatoms. The van der Waals surface area contributed by atoms with E-state index in [0.29, 0.717) is 12.5 Å². The molecule has 1 rings (SSSR count).